The molecule has 0 atom stereocenters. The fourth-order valence-electron chi connectivity index (χ4n) is 2.26. The number of thiophene rings is 1. The maximum atomic E-state index is 13.6. The fourth-order valence-corrected chi connectivity index (χ4v) is 3.31. The third-order valence-corrected chi connectivity index (χ3v) is 5.05. The molecule has 0 radical (unpaired) electrons. The van der Waals surface area contributed by atoms with E-state index in [0.717, 1.165) is 18.7 Å². The quantitative estimate of drug-likeness (QED) is 0.755. The Balaban J connectivity index is 1.76. The van der Waals surface area contributed by atoms with Gasteiger partial charge in [0.2, 0.25) is 0 Å². The molecule has 1 aromatic heterocycles. The number of halogens is 2. The van der Waals surface area contributed by atoms with Gasteiger partial charge >= 0.3 is 0 Å². The van der Waals surface area contributed by atoms with Crippen molar-refractivity contribution in [2.75, 3.05) is 0 Å². The van der Waals surface area contributed by atoms with E-state index < -0.39 is 0 Å². The molecule has 1 heterocycles. The van der Waals surface area contributed by atoms with Gasteiger partial charge in [0, 0.05) is 19.1 Å². The van der Waals surface area contributed by atoms with Crippen molar-refractivity contribution in [1.82, 2.24) is 4.90 Å². The minimum Gasteiger partial charge on any atom is -0.292 e. The van der Waals surface area contributed by atoms with Gasteiger partial charge in [-0.1, -0.05) is 12.1 Å². The van der Waals surface area contributed by atoms with Crippen molar-refractivity contribution >= 4 is 27.3 Å². The summed E-state index contributed by atoms with van der Waals surface area (Å²) in [4.78, 5) is 2.45. The summed E-state index contributed by atoms with van der Waals surface area (Å²) in [6.45, 7) is 1.76. The highest BCUT2D eigenvalue weighted by Crippen LogP contribution is 2.32. The predicted molar refractivity (Wildman–Crippen MR) is 80.7 cm³/mol. The molecule has 1 saturated carbocycles. The molecule has 0 amide bonds. The van der Waals surface area contributed by atoms with Crippen LogP contribution in [0.1, 0.15) is 24.0 Å². The Morgan fingerprint density at radius 2 is 2.11 bits per heavy atom. The monoisotopic (exact) mass is 339 g/mol. The minimum atomic E-state index is -0.177. The highest BCUT2D eigenvalue weighted by Gasteiger charge is 2.29. The highest BCUT2D eigenvalue weighted by molar-refractivity contribution is 9.10. The van der Waals surface area contributed by atoms with Gasteiger partial charge in [0.05, 0.1) is 4.47 Å². The van der Waals surface area contributed by atoms with Gasteiger partial charge in [-0.05, 0) is 62.8 Å². The van der Waals surface area contributed by atoms with E-state index >= 15 is 0 Å². The lowest BCUT2D eigenvalue weighted by molar-refractivity contribution is 0.245. The van der Waals surface area contributed by atoms with Crippen LogP contribution in [0.4, 0.5) is 4.39 Å². The molecule has 0 N–H and O–H groups in total. The summed E-state index contributed by atoms with van der Waals surface area (Å²) in [6.07, 6.45) is 2.52. The average molecular weight is 340 g/mol. The van der Waals surface area contributed by atoms with Gasteiger partial charge in [-0.15, -0.1) is 0 Å². The Morgan fingerprint density at radius 1 is 1.26 bits per heavy atom. The summed E-state index contributed by atoms with van der Waals surface area (Å²) in [7, 11) is 0. The molecule has 0 unspecified atom stereocenters. The topological polar surface area (TPSA) is 3.24 Å². The molecule has 19 heavy (non-hydrogen) atoms. The molecule has 3 rings (SSSR count). The van der Waals surface area contributed by atoms with Crippen molar-refractivity contribution in [1.29, 1.82) is 0 Å². The second-order valence-electron chi connectivity index (χ2n) is 4.98. The van der Waals surface area contributed by atoms with Gasteiger partial charge in [-0.25, -0.2) is 4.39 Å². The van der Waals surface area contributed by atoms with Crippen molar-refractivity contribution in [2.24, 2.45) is 0 Å². The van der Waals surface area contributed by atoms with Crippen LogP contribution in [-0.2, 0) is 13.1 Å². The van der Waals surface area contributed by atoms with E-state index in [2.05, 4.69) is 37.7 Å². The first kappa shape index (κ1) is 13.3. The van der Waals surface area contributed by atoms with Gasteiger partial charge in [-0.2, -0.15) is 11.3 Å². The van der Waals surface area contributed by atoms with Crippen LogP contribution in [0, 0.1) is 5.82 Å². The molecule has 100 valence electrons. The maximum absolute atomic E-state index is 13.6. The number of benzene rings is 1. The summed E-state index contributed by atoms with van der Waals surface area (Å²) in [5, 5.41) is 4.30. The summed E-state index contributed by atoms with van der Waals surface area (Å²) >= 11 is 5.09. The number of hydrogen-bond acceptors (Lipinski definition) is 2. The second kappa shape index (κ2) is 5.73. The third-order valence-electron chi connectivity index (χ3n) is 3.43. The maximum Gasteiger partial charge on any atom is 0.137 e. The summed E-state index contributed by atoms with van der Waals surface area (Å²) in [6, 6.07) is 8.10. The van der Waals surface area contributed by atoms with Gasteiger partial charge in [0.1, 0.15) is 5.82 Å². The first-order valence-electron chi connectivity index (χ1n) is 6.42. The smallest absolute Gasteiger partial charge is 0.137 e. The van der Waals surface area contributed by atoms with E-state index in [1.54, 1.807) is 17.4 Å². The molecule has 0 saturated heterocycles. The van der Waals surface area contributed by atoms with E-state index in [0.29, 0.717) is 10.5 Å². The lowest BCUT2D eigenvalue weighted by atomic mass is 10.2. The van der Waals surface area contributed by atoms with Crippen LogP contribution in [0.5, 0.6) is 0 Å². The molecule has 1 nitrogen and oxygen atoms in total. The molecule has 0 spiro atoms. The number of nitrogens with zero attached hydrogens (tertiary/aromatic N) is 1. The minimum absolute atomic E-state index is 0.177. The zero-order valence-corrected chi connectivity index (χ0v) is 12.9. The summed E-state index contributed by atoms with van der Waals surface area (Å²) in [5.41, 5.74) is 2.38. The Hall–Kier alpha value is -0.710. The molecule has 0 bridgehead atoms. The zero-order chi connectivity index (χ0) is 13.2. The van der Waals surface area contributed by atoms with Crippen molar-refractivity contribution in [3.05, 3.63) is 56.4 Å². The van der Waals surface area contributed by atoms with Crippen LogP contribution in [0.3, 0.4) is 0 Å². The van der Waals surface area contributed by atoms with Crippen molar-refractivity contribution < 1.29 is 4.39 Å². The van der Waals surface area contributed by atoms with E-state index in [4.69, 9.17) is 0 Å². The van der Waals surface area contributed by atoms with Gasteiger partial charge in [0.15, 0.2) is 0 Å². The molecule has 4 heteroatoms. The van der Waals surface area contributed by atoms with Crippen molar-refractivity contribution in [3.8, 4) is 0 Å². The van der Waals surface area contributed by atoms with E-state index in [-0.39, 0.29) is 5.82 Å². The molecule has 0 aliphatic heterocycles. The fraction of sp³-hybridized carbons (Fsp3) is 0.333. The Bertz CT molecular complexity index is 551. The molecule has 1 fully saturated rings. The van der Waals surface area contributed by atoms with Crippen LogP contribution in [0.15, 0.2) is 39.5 Å². The van der Waals surface area contributed by atoms with Crippen LogP contribution in [0.2, 0.25) is 0 Å². The third kappa shape index (κ3) is 3.25. The first-order chi connectivity index (χ1) is 9.24. The lowest BCUT2D eigenvalue weighted by Gasteiger charge is -2.22. The van der Waals surface area contributed by atoms with E-state index in [1.165, 1.54) is 24.5 Å². The number of hydrogen-bond donors (Lipinski definition) is 0. The molecule has 2 aromatic rings. The van der Waals surface area contributed by atoms with Crippen LogP contribution in [-0.4, -0.2) is 10.9 Å². The molecular formula is C15H15BrFNS. The largest absolute Gasteiger partial charge is 0.292 e. The average Bonchev–Trinajstić information content (AvgIpc) is 3.13. The van der Waals surface area contributed by atoms with E-state index in [1.807, 2.05) is 6.07 Å². The molecule has 1 aliphatic rings. The highest BCUT2D eigenvalue weighted by atomic mass is 79.9. The SMILES string of the molecule is Fc1cccc(CN(Cc2ccsc2)C2CC2)c1Br. The predicted octanol–water partition coefficient (Wildman–Crippen LogP) is 4.81. The van der Waals surface area contributed by atoms with Crippen molar-refractivity contribution in [3.63, 3.8) is 0 Å². The Labute approximate surface area is 125 Å². The lowest BCUT2D eigenvalue weighted by Crippen LogP contribution is -2.25. The Morgan fingerprint density at radius 3 is 2.79 bits per heavy atom. The molecule has 1 aromatic carbocycles. The molecular weight excluding hydrogens is 325 g/mol. The summed E-state index contributed by atoms with van der Waals surface area (Å²) < 4.78 is 14.2. The second-order valence-corrected chi connectivity index (χ2v) is 6.55. The summed E-state index contributed by atoms with van der Waals surface area (Å²) in [5.74, 6) is -0.177. The van der Waals surface area contributed by atoms with Crippen LogP contribution < -0.4 is 0 Å². The standard InChI is InChI=1S/C15H15BrFNS/c16-15-12(2-1-3-14(15)17)9-18(13-4-5-13)8-11-6-7-19-10-11/h1-3,6-7,10,13H,4-5,8-9H2. The van der Waals surface area contributed by atoms with E-state index in [9.17, 15) is 4.39 Å². The van der Waals surface area contributed by atoms with Gasteiger partial charge in [0.25, 0.3) is 0 Å². The van der Waals surface area contributed by atoms with Crippen LogP contribution in [0.25, 0.3) is 0 Å². The van der Waals surface area contributed by atoms with Gasteiger partial charge in [-0.3, -0.25) is 4.90 Å². The molecule has 1 aliphatic carbocycles. The normalized spacial score (nSPS) is 15.1. The Kier molecular flexibility index (Phi) is 4.01. The van der Waals surface area contributed by atoms with Crippen molar-refractivity contribution in [2.45, 2.75) is 32.0 Å². The first-order valence-corrected chi connectivity index (χ1v) is 8.15. The van der Waals surface area contributed by atoms with Gasteiger partial charge < -0.3 is 0 Å². The van der Waals surface area contributed by atoms with Crippen LogP contribution >= 0.6 is 27.3 Å². The number of rotatable bonds is 5. The zero-order valence-electron chi connectivity index (χ0n) is 10.5.